The van der Waals surface area contributed by atoms with Gasteiger partial charge in [-0.1, -0.05) is 77.9 Å². The zero-order chi connectivity index (χ0) is 23.6. The summed E-state index contributed by atoms with van der Waals surface area (Å²) in [6.07, 6.45) is 2.86. The molecule has 0 atom stereocenters. The van der Waals surface area contributed by atoms with E-state index in [0.717, 1.165) is 61.3 Å². The van der Waals surface area contributed by atoms with Crippen molar-refractivity contribution in [1.82, 2.24) is 4.90 Å². The third-order valence-electron chi connectivity index (χ3n) is 6.73. The molecular weight excluding hydrogens is 424 g/mol. The summed E-state index contributed by atoms with van der Waals surface area (Å²) < 4.78 is 5.88. The Hall–Kier alpha value is -3.31. The van der Waals surface area contributed by atoms with Crippen molar-refractivity contribution in [3.8, 4) is 5.75 Å². The number of nitrogens with zero attached hydrogens (tertiary/aromatic N) is 4. The highest BCUT2D eigenvalue weighted by Crippen LogP contribution is 2.41. The summed E-state index contributed by atoms with van der Waals surface area (Å²) in [7, 11) is 0. The van der Waals surface area contributed by atoms with Crippen molar-refractivity contribution in [1.29, 1.82) is 0 Å². The Balaban J connectivity index is 1.28. The van der Waals surface area contributed by atoms with Gasteiger partial charge in [0.1, 0.15) is 11.4 Å². The number of hydrogen-bond donors (Lipinski definition) is 1. The highest BCUT2D eigenvalue weighted by Gasteiger charge is 2.41. The van der Waals surface area contributed by atoms with E-state index >= 15 is 0 Å². The number of rotatable bonds is 10. The van der Waals surface area contributed by atoms with Crippen molar-refractivity contribution in [2.75, 3.05) is 26.2 Å². The van der Waals surface area contributed by atoms with E-state index in [9.17, 15) is 5.11 Å². The average Bonchev–Trinajstić information content (AvgIpc) is 2.91. The van der Waals surface area contributed by atoms with Crippen molar-refractivity contribution in [3.63, 3.8) is 0 Å². The Morgan fingerprint density at radius 1 is 0.912 bits per heavy atom. The Morgan fingerprint density at radius 3 is 2.06 bits per heavy atom. The molecule has 0 aromatic heterocycles. The van der Waals surface area contributed by atoms with Crippen molar-refractivity contribution >= 4 is 0 Å². The second kappa shape index (κ2) is 11.7. The van der Waals surface area contributed by atoms with Crippen molar-refractivity contribution in [2.45, 2.75) is 31.4 Å². The molecule has 1 aliphatic heterocycles. The van der Waals surface area contributed by atoms with Gasteiger partial charge in [-0.15, -0.1) is 0 Å². The summed E-state index contributed by atoms with van der Waals surface area (Å²) in [6, 6.07) is 27.9. The summed E-state index contributed by atoms with van der Waals surface area (Å²) in [5, 5.41) is 15.6. The zero-order valence-corrected chi connectivity index (χ0v) is 19.5. The number of azide groups is 1. The van der Waals surface area contributed by atoms with Crippen molar-refractivity contribution in [3.05, 3.63) is 112 Å². The predicted octanol–water partition coefficient (Wildman–Crippen LogP) is 5.91. The molecule has 176 valence electrons. The highest BCUT2D eigenvalue weighted by atomic mass is 16.5. The van der Waals surface area contributed by atoms with Crippen LogP contribution >= 0.6 is 0 Å². The largest absolute Gasteiger partial charge is 0.494 e. The Labute approximate surface area is 201 Å². The highest BCUT2D eigenvalue weighted by molar-refractivity contribution is 5.37. The summed E-state index contributed by atoms with van der Waals surface area (Å²) in [5.74, 6) is 1.01. The van der Waals surface area contributed by atoms with Gasteiger partial charge in [0, 0.05) is 11.5 Å². The fraction of sp³-hybridized carbons (Fsp3) is 0.357. The van der Waals surface area contributed by atoms with Gasteiger partial charge in [-0.25, -0.2) is 0 Å². The Morgan fingerprint density at radius 2 is 1.50 bits per heavy atom. The van der Waals surface area contributed by atoms with E-state index in [4.69, 9.17) is 10.3 Å². The van der Waals surface area contributed by atoms with Crippen LogP contribution in [0.3, 0.4) is 0 Å². The molecule has 6 nitrogen and oxygen atoms in total. The molecule has 1 fully saturated rings. The molecule has 4 rings (SSSR count). The normalized spacial score (nSPS) is 15.0. The quantitative estimate of drug-likeness (QED) is 0.178. The van der Waals surface area contributed by atoms with Crippen LogP contribution in [0, 0.1) is 5.92 Å². The van der Waals surface area contributed by atoms with Gasteiger partial charge in [-0.05, 0) is 72.6 Å². The van der Waals surface area contributed by atoms with Gasteiger partial charge in [0.05, 0.1) is 13.2 Å². The molecule has 3 aromatic carbocycles. The molecule has 6 heteroatoms. The third kappa shape index (κ3) is 5.78. The van der Waals surface area contributed by atoms with Gasteiger partial charge < -0.3 is 14.7 Å². The molecule has 0 spiro atoms. The molecule has 1 aliphatic rings. The first-order valence-corrected chi connectivity index (χ1v) is 12.0. The van der Waals surface area contributed by atoms with Gasteiger partial charge in [0.25, 0.3) is 0 Å². The SMILES string of the molecule is [N-]=[N+]=NCc1ccc(OCCCN2CCC(C(O)(c3ccccc3)c3ccccc3)CC2)cc1. The van der Waals surface area contributed by atoms with Crippen LogP contribution in [0.15, 0.2) is 90.0 Å². The number of likely N-dealkylation sites (tertiary alicyclic amines) is 1. The number of ether oxygens (including phenoxy) is 1. The van der Waals surface area contributed by atoms with Crippen LogP contribution in [0.5, 0.6) is 5.75 Å². The molecule has 3 aromatic rings. The van der Waals surface area contributed by atoms with Crippen LogP contribution in [-0.2, 0) is 12.1 Å². The molecule has 1 N–H and O–H groups in total. The molecule has 0 saturated carbocycles. The standard InChI is InChI=1S/C28H32N4O2/c29-31-30-22-23-12-14-27(15-13-23)34-21-7-18-32-19-16-26(17-20-32)28(33,24-8-3-1-4-9-24)25-10-5-2-6-11-25/h1-6,8-15,26,33H,7,16-22H2. The molecule has 0 amide bonds. The first-order chi connectivity index (χ1) is 16.7. The minimum atomic E-state index is -0.970. The lowest BCUT2D eigenvalue weighted by atomic mass is 9.72. The van der Waals surface area contributed by atoms with Crippen LogP contribution in [0.25, 0.3) is 10.4 Å². The maximum atomic E-state index is 12.0. The topological polar surface area (TPSA) is 81.5 Å². The summed E-state index contributed by atoms with van der Waals surface area (Å²) in [6.45, 7) is 3.95. The molecule has 1 heterocycles. The first kappa shape index (κ1) is 23.8. The van der Waals surface area contributed by atoms with E-state index in [0.29, 0.717) is 13.2 Å². The minimum absolute atomic E-state index is 0.175. The lowest BCUT2D eigenvalue weighted by molar-refractivity contribution is -0.0146. The van der Waals surface area contributed by atoms with Crippen LogP contribution in [0.2, 0.25) is 0 Å². The first-order valence-electron chi connectivity index (χ1n) is 12.0. The fourth-order valence-corrected chi connectivity index (χ4v) is 4.88. The fourth-order valence-electron chi connectivity index (χ4n) is 4.88. The third-order valence-corrected chi connectivity index (χ3v) is 6.73. The van der Waals surface area contributed by atoms with Crippen LogP contribution in [0.1, 0.15) is 36.0 Å². The van der Waals surface area contributed by atoms with E-state index in [-0.39, 0.29) is 5.92 Å². The van der Waals surface area contributed by atoms with E-state index in [1.54, 1.807) is 0 Å². The molecular formula is C28H32N4O2. The smallest absolute Gasteiger partial charge is 0.119 e. The zero-order valence-electron chi connectivity index (χ0n) is 19.5. The summed E-state index contributed by atoms with van der Waals surface area (Å²) in [4.78, 5) is 5.25. The van der Waals surface area contributed by atoms with Gasteiger partial charge in [-0.3, -0.25) is 0 Å². The predicted molar refractivity (Wildman–Crippen MR) is 134 cm³/mol. The molecule has 0 aliphatic carbocycles. The number of hydrogen-bond acceptors (Lipinski definition) is 4. The van der Waals surface area contributed by atoms with Crippen molar-refractivity contribution in [2.24, 2.45) is 11.0 Å². The maximum absolute atomic E-state index is 12.0. The second-order valence-corrected chi connectivity index (χ2v) is 8.85. The lowest BCUT2D eigenvalue weighted by Crippen LogP contribution is -2.44. The van der Waals surface area contributed by atoms with Crippen LogP contribution in [-0.4, -0.2) is 36.2 Å². The monoisotopic (exact) mass is 456 g/mol. The molecule has 0 bridgehead atoms. The van der Waals surface area contributed by atoms with Gasteiger partial charge in [0.15, 0.2) is 0 Å². The second-order valence-electron chi connectivity index (χ2n) is 8.85. The molecule has 1 saturated heterocycles. The Bertz CT molecular complexity index is 1020. The summed E-state index contributed by atoms with van der Waals surface area (Å²) >= 11 is 0. The van der Waals surface area contributed by atoms with E-state index < -0.39 is 5.60 Å². The van der Waals surface area contributed by atoms with Gasteiger partial charge >= 0.3 is 0 Å². The van der Waals surface area contributed by atoms with Gasteiger partial charge in [0.2, 0.25) is 0 Å². The molecule has 34 heavy (non-hydrogen) atoms. The number of piperidine rings is 1. The van der Waals surface area contributed by atoms with Crippen LogP contribution in [0.4, 0.5) is 0 Å². The van der Waals surface area contributed by atoms with Gasteiger partial charge in [-0.2, -0.15) is 0 Å². The van der Waals surface area contributed by atoms with E-state index in [1.807, 2.05) is 84.9 Å². The number of aliphatic hydroxyl groups is 1. The van der Waals surface area contributed by atoms with E-state index in [2.05, 4.69) is 14.9 Å². The molecule has 0 unspecified atom stereocenters. The average molecular weight is 457 g/mol. The Kier molecular flexibility index (Phi) is 8.21. The van der Waals surface area contributed by atoms with E-state index in [1.165, 1.54) is 0 Å². The lowest BCUT2D eigenvalue weighted by Gasteiger charge is -2.42. The van der Waals surface area contributed by atoms with Crippen molar-refractivity contribution < 1.29 is 9.84 Å². The number of benzene rings is 3. The van der Waals surface area contributed by atoms with Crippen LogP contribution < -0.4 is 4.74 Å². The molecule has 0 radical (unpaired) electrons. The summed E-state index contributed by atoms with van der Waals surface area (Å²) in [5.41, 5.74) is 10.4. The minimum Gasteiger partial charge on any atom is -0.494 e. The maximum Gasteiger partial charge on any atom is 0.119 e.